The third-order valence-corrected chi connectivity index (χ3v) is 14.9. The van der Waals surface area contributed by atoms with E-state index in [1.807, 2.05) is 0 Å². The van der Waals surface area contributed by atoms with Crippen LogP contribution in [0.2, 0.25) is 0 Å². The molecule has 0 saturated heterocycles. The van der Waals surface area contributed by atoms with E-state index in [1.165, 1.54) is 77.0 Å². The van der Waals surface area contributed by atoms with Crippen LogP contribution in [0, 0.1) is 35.5 Å². The molecular formula is C28H38BrO2P. The summed E-state index contributed by atoms with van der Waals surface area (Å²) in [5.74, 6) is 7.18. The largest absolute Gasteiger partial charge is 0.466 e. The van der Waals surface area contributed by atoms with Crippen molar-refractivity contribution in [1.82, 2.24) is 0 Å². The van der Waals surface area contributed by atoms with Crippen molar-refractivity contribution < 1.29 is 9.47 Å². The Labute approximate surface area is 203 Å². The lowest BCUT2D eigenvalue weighted by molar-refractivity contribution is 0.0193. The molecule has 8 fully saturated rings. The van der Waals surface area contributed by atoms with E-state index in [0.29, 0.717) is 17.1 Å². The maximum atomic E-state index is 6.37. The number of hydrogen-bond acceptors (Lipinski definition) is 2. The highest BCUT2D eigenvalue weighted by atomic mass is 79.9. The molecule has 1 aromatic rings. The number of methoxy groups -OCH3 is 1. The molecule has 8 saturated carbocycles. The Bertz CT molecular complexity index is 783. The molecule has 8 aliphatic rings. The first-order valence-corrected chi connectivity index (χ1v) is 15.4. The normalized spacial score (nSPS) is 46.6. The summed E-state index contributed by atoms with van der Waals surface area (Å²) >= 11 is 3.90. The molecule has 32 heavy (non-hydrogen) atoms. The maximum Gasteiger partial charge on any atom is 0.188 e. The van der Waals surface area contributed by atoms with Crippen LogP contribution >= 0.6 is 23.9 Å². The van der Waals surface area contributed by atoms with Crippen molar-refractivity contribution >= 4 is 29.2 Å². The first-order chi connectivity index (χ1) is 15.6. The van der Waals surface area contributed by atoms with Crippen LogP contribution in [-0.2, 0) is 4.74 Å². The predicted octanol–water partition coefficient (Wildman–Crippen LogP) is 7.48. The second-order valence-electron chi connectivity index (χ2n) is 12.8. The zero-order chi connectivity index (χ0) is 21.5. The summed E-state index contributed by atoms with van der Waals surface area (Å²) in [7, 11) is 1.48. The molecule has 0 aromatic heterocycles. The molecule has 2 nitrogen and oxygen atoms in total. The van der Waals surface area contributed by atoms with Gasteiger partial charge in [0.15, 0.2) is 6.79 Å². The van der Waals surface area contributed by atoms with E-state index in [-0.39, 0.29) is 7.92 Å². The molecule has 8 bridgehead atoms. The van der Waals surface area contributed by atoms with Gasteiger partial charge in [-0.2, -0.15) is 0 Å². The highest BCUT2D eigenvalue weighted by Gasteiger charge is 2.63. The Morgan fingerprint density at radius 3 is 1.62 bits per heavy atom. The molecule has 0 amide bonds. The van der Waals surface area contributed by atoms with Gasteiger partial charge in [-0.1, -0.05) is 20.1 Å². The van der Waals surface area contributed by atoms with Crippen molar-refractivity contribution in [3.8, 4) is 5.75 Å². The minimum absolute atomic E-state index is 0.268. The van der Waals surface area contributed by atoms with Crippen LogP contribution in [0.1, 0.15) is 77.0 Å². The Morgan fingerprint density at radius 2 is 1.22 bits per heavy atom. The zero-order valence-electron chi connectivity index (χ0n) is 19.5. The lowest BCUT2D eigenvalue weighted by atomic mass is 9.55. The molecular weight excluding hydrogens is 479 g/mol. The number of rotatable bonds is 6. The Balaban J connectivity index is 1.39. The van der Waals surface area contributed by atoms with E-state index in [2.05, 4.69) is 34.1 Å². The van der Waals surface area contributed by atoms with Crippen LogP contribution < -0.4 is 10.0 Å². The highest BCUT2D eigenvalue weighted by molar-refractivity contribution is 9.10. The van der Waals surface area contributed by atoms with Crippen LogP contribution in [0.15, 0.2) is 22.7 Å². The van der Waals surface area contributed by atoms with E-state index < -0.39 is 0 Å². The molecule has 0 heterocycles. The van der Waals surface area contributed by atoms with Gasteiger partial charge in [0.2, 0.25) is 0 Å². The summed E-state index contributed by atoms with van der Waals surface area (Å²) in [6.45, 7) is 0.348. The van der Waals surface area contributed by atoms with Crippen LogP contribution in [0.4, 0.5) is 0 Å². The van der Waals surface area contributed by atoms with E-state index in [0.717, 1.165) is 45.7 Å². The lowest BCUT2D eigenvalue weighted by Gasteiger charge is -2.67. The third-order valence-electron chi connectivity index (χ3n) is 10.5. The van der Waals surface area contributed by atoms with Crippen molar-refractivity contribution in [3.63, 3.8) is 0 Å². The molecule has 0 radical (unpaired) electrons. The van der Waals surface area contributed by atoms with Gasteiger partial charge in [0.1, 0.15) is 5.75 Å². The van der Waals surface area contributed by atoms with Crippen molar-refractivity contribution in [3.05, 3.63) is 22.7 Å². The molecule has 1 aromatic carbocycles. The van der Waals surface area contributed by atoms with Gasteiger partial charge in [0.05, 0.1) is 4.47 Å². The fourth-order valence-corrected chi connectivity index (χ4v) is 16.6. The molecule has 8 aliphatic carbocycles. The monoisotopic (exact) mass is 516 g/mol. The van der Waals surface area contributed by atoms with Crippen molar-refractivity contribution in [2.45, 2.75) is 87.4 Å². The van der Waals surface area contributed by atoms with E-state index in [1.54, 1.807) is 12.4 Å². The number of para-hydroxylation sites is 1. The first-order valence-electron chi connectivity index (χ1n) is 13.3. The van der Waals surface area contributed by atoms with Crippen molar-refractivity contribution in [2.75, 3.05) is 13.9 Å². The Morgan fingerprint density at radius 1 is 0.781 bits per heavy atom. The van der Waals surface area contributed by atoms with Crippen molar-refractivity contribution in [1.29, 1.82) is 0 Å². The lowest BCUT2D eigenvalue weighted by Crippen LogP contribution is -2.58. The standard InChI is InChI=1S/C28H38BrO2P/c1-30-17-31-26-24(29)3-2-4-25(26)32(27-11-18-5-19(12-27)7-20(6-18)13-27)28-14-21-8-22(15-28)10-23(9-21)16-28/h2-4,18-23H,5-17H2,1H3. The molecule has 0 aliphatic heterocycles. The maximum absolute atomic E-state index is 6.37. The molecule has 0 atom stereocenters. The fourth-order valence-electron chi connectivity index (χ4n) is 10.6. The molecule has 9 rings (SSSR count). The van der Waals surface area contributed by atoms with Crippen LogP contribution in [0.3, 0.4) is 0 Å². The minimum Gasteiger partial charge on any atom is -0.466 e. The second kappa shape index (κ2) is 7.69. The molecule has 174 valence electrons. The number of benzene rings is 1. The van der Waals surface area contributed by atoms with Gasteiger partial charge >= 0.3 is 0 Å². The summed E-state index contributed by atoms with van der Waals surface area (Å²) in [4.78, 5) is 0. The molecule has 4 heteroatoms. The van der Waals surface area contributed by atoms with Gasteiger partial charge in [0.25, 0.3) is 0 Å². The highest BCUT2D eigenvalue weighted by Crippen LogP contribution is 2.78. The second-order valence-corrected chi connectivity index (χ2v) is 16.7. The first kappa shape index (κ1) is 21.2. The summed E-state index contributed by atoms with van der Waals surface area (Å²) in [5.41, 5.74) is 0. The van der Waals surface area contributed by atoms with Gasteiger partial charge in [0, 0.05) is 12.4 Å². The zero-order valence-corrected chi connectivity index (χ0v) is 22.0. The van der Waals surface area contributed by atoms with Gasteiger partial charge < -0.3 is 9.47 Å². The fraction of sp³-hybridized carbons (Fsp3) is 0.786. The molecule has 0 N–H and O–H groups in total. The quantitative estimate of drug-likeness (QED) is 0.288. The van der Waals surface area contributed by atoms with E-state index in [9.17, 15) is 0 Å². The predicted molar refractivity (Wildman–Crippen MR) is 135 cm³/mol. The third kappa shape index (κ3) is 3.23. The van der Waals surface area contributed by atoms with Gasteiger partial charge in [-0.15, -0.1) is 0 Å². The average Bonchev–Trinajstić information content (AvgIpc) is 2.71. The van der Waals surface area contributed by atoms with Crippen LogP contribution in [0.5, 0.6) is 5.75 Å². The van der Waals surface area contributed by atoms with Crippen LogP contribution in [0.25, 0.3) is 0 Å². The van der Waals surface area contributed by atoms with Gasteiger partial charge in [-0.05, 0) is 145 Å². The Kier molecular flexibility index (Phi) is 5.10. The number of ether oxygens (including phenoxy) is 2. The summed E-state index contributed by atoms with van der Waals surface area (Å²) in [6.07, 6.45) is 18.3. The molecule has 0 unspecified atom stereocenters. The van der Waals surface area contributed by atoms with E-state index in [4.69, 9.17) is 9.47 Å². The number of halogens is 1. The van der Waals surface area contributed by atoms with Crippen molar-refractivity contribution in [2.24, 2.45) is 35.5 Å². The SMILES string of the molecule is COCOc1c(Br)cccc1P(C12CC3CC(CC(C3)C1)C2)C12CC3CC(CC(C3)C1)C2. The number of hydrogen-bond donors (Lipinski definition) is 0. The summed E-state index contributed by atoms with van der Waals surface area (Å²) < 4.78 is 12.9. The Hall–Kier alpha value is -0.110. The topological polar surface area (TPSA) is 18.5 Å². The summed E-state index contributed by atoms with van der Waals surface area (Å²) in [5, 5.41) is 2.74. The van der Waals surface area contributed by atoms with E-state index >= 15 is 0 Å². The average molecular weight is 517 g/mol. The smallest absolute Gasteiger partial charge is 0.188 e. The molecule has 0 spiro atoms. The summed E-state index contributed by atoms with van der Waals surface area (Å²) in [6, 6.07) is 6.97. The minimum atomic E-state index is -0.268. The van der Waals surface area contributed by atoms with Gasteiger partial charge in [-0.25, -0.2) is 0 Å². The van der Waals surface area contributed by atoms with Gasteiger partial charge in [-0.3, -0.25) is 0 Å². The van der Waals surface area contributed by atoms with Crippen LogP contribution in [-0.4, -0.2) is 24.2 Å².